The Hall–Kier alpha value is -2.74. The number of aryl methyl sites for hydroxylation is 1. The number of hydrogen-bond acceptors (Lipinski definition) is 4. The molecule has 0 unspecified atom stereocenters. The van der Waals surface area contributed by atoms with E-state index in [1.807, 2.05) is 73.0 Å². The Kier molecular flexibility index (Phi) is 9.13. The summed E-state index contributed by atoms with van der Waals surface area (Å²) in [6.45, 7) is 2.80. The van der Waals surface area contributed by atoms with Gasteiger partial charge in [0.2, 0.25) is 15.9 Å². The quantitative estimate of drug-likeness (QED) is 0.318. The molecule has 1 aromatic heterocycles. The lowest BCUT2D eigenvalue weighted by molar-refractivity contribution is -0.133. The lowest BCUT2D eigenvalue weighted by Gasteiger charge is -2.34. The first-order valence-corrected chi connectivity index (χ1v) is 14.9. The van der Waals surface area contributed by atoms with Gasteiger partial charge in [0.05, 0.1) is 13.1 Å². The van der Waals surface area contributed by atoms with E-state index in [0.29, 0.717) is 13.1 Å². The van der Waals surface area contributed by atoms with E-state index in [1.54, 1.807) is 22.3 Å². The fraction of sp³-hybridized carbons (Fsp3) is 0.345. The summed E-state index contributed by atoms with van der Waals surface area (Å²) in [6, 6.07) is 21.2. The third-order valence-corrected chi connectivity index (χ3v) is 9.27. The lowest BCUT2D eigenvalue weighted by atomic mass is 9.95. The van der Waals surface area contributed by atoms with E-state index in [9.17, 15) is 13.2 Å². The summed E-state index contributed by atoms with van der Waals surface area (Å²) in [4.78, 5) is 16.7. The van der Waals surface area contributed by atoms with Crippen molar-refractivity contribution in [2.75, 3.05) is 6.54 Å². The van der Waals surface area contributed by atoms with Crippen molar-refractivity contribution in [2.24, 2.45) is 0 Å². The molecule has 5 nitrogen and oxygen atoms in total. The molecule has 36 heavy (non-hydrogen) atoms. The molecule has 190 valence electrons. The van der Waals surface area contributed by atoms with Gasteiger partial charge in [-0.3, -0.25) is 4.79 Å². The predicted molar refractivity (Wildman–Crippen MR) is 148 cm³/mol. The van der Waals surface area contributed by atoms with Crippen LogP contribution in [-0.4, -0.2) is 36.1 Å². The van der Waals surface area contributed by atoms with Crippen molar-refractivity contribution >= 4 is 33.3 Å². The van der Waals surface area contributed by atoms with Crippen LogP contribution in [0.3, 0.4) is 0 Å². The molecule has 1 saturated carbocycles. The van der Waals surface area contributed by atoms with Gasteiger partial charge in [0.15, 0.2) is 0 Å². The van der Waals surface area contributed by atoms with Gasteiger partial charge in [-0.05, 0) is 54.0 Å². The number of rotatable bonds is 10. The van der Waals surface area contributed by atoms with Crippen molar-refractivity contribution in [3.8, 4) is 0 Å². The van der Waals surface area contributed by atoms with E-state index >= 15 is 0 Å². The third-order valence-electron chi connectivity index (χ3n) is 6.70. The molecular formula is C29H34N2O3S2. The van der Waals surface area contributed by atoms with Crippen LogP contribution in [0.4, 0.5) is 0 Å². The average Bonchev–Trinajstić information content (AvgIpc) is 3.31. The number of sulfonamides is 1. The first kappa shape index (κ1) is 26.3. The van der Waals surface area contributed by atoms with Gasteiger partial charge in [-0.1, -0.05) is 79.9 Å². The monoisotopic (exact) mass is 522 g/mol. The first-order chi connectivity index (χ1) is 17.4. The SMILES string of the molecule is Cc1ccsc1CN(Cc1ccccc1)C(=O)CN(C1CCCCC1)S(=O)(=O)/C=C/c1ccccc1. The smallest absolute Gasteiger partial charge is 0.238 e. The van der Waals surface area contributed by atoms with Gasteiger partial charge >= 0.3 is 0 Å². The Morgan fingerprint density at radius 1 is 0.944 bits per heavy atom. The molecule has 4 rings (SSSR count). The van der Waals surface area contributed by atoms with Crippen molar-refractivity contribution in [1.29, 1.82) is 0 Å². The van der Waals surface area contributed by atoms with Crippen LogP contribution in [0, 0.1) is 6.92 Å². The normalized spacial score (nSPS) is 14.9. The van der Waals surface area contributed by atoms with Crippen LogP contribution in [0.25, 0.3) is 6.08 Å². The standard InChI is InChI=1S/C29H34N2O3S2/c1-24-17-19-35-28(24)22-30(21-26-13-7-3-8-14-26)29(32)23-31(27-15-9-4-10-16-27)36(33,34)20-18-25-11-5-2-6-12-25/h2-3,5-8,11-14,17-20,27H,4,9-10,15-16,21-23H2,1H3/b20-18+. The largest absolute Gasteiger partial charge is 0.332 e. The zero-order valence-electron chi connectivity index (χ0n) is 20.8. The molecule has 0 bridgehead atoms. The van der Waals surface area contributed by atoms with E-state index in [0.717, 1.165) is 53.7 Å². The number of amides is 1. The van der Waals surface area contributed by atoms with Gasteiger partial charge in [0.25, 0.3) is 0 Å². The van der Waals surface area contributed by atoms with Gasteiger partial charge < -0.3 is 4.90 Å². The second-order valence-electron chi connectivity index (χ2n) is 9.36. The van der Waals surface area contributed by atoms with Crippen LogP contribution in [0.5, 0.6) is 0 Å². The summed E-state index contributed by atoms with van der Waals surface area (Å²) < 4.78 is 28.6. The molecule has 2 aromatic carbocycles. The Morgan fingerprint density at radius 2 is 1.61 bits per heavy atom. The molecule has 1 aliphatic carbocycles. The minimum absolute atomic E-state index is 0.149. The fourth-order valence-corrected chi connectivity index (χ4v) is 6.93. The van der Waals surface area contributed by atoms with Crippen LogP contribution in [0.2, 0.25) is 0 Å². The second-order valence-corrected chi connectivity index (χ2v) is 12.1. The van der Waals surface area contributed by atoms with Gasteiger partial charge in [-0.15, -0.1) is 11.3 Å². The molecule has 3 aromatic rings. The van der Waals surface area contributed by atoms with Crippen LogP contribution in [0.1, 0.15) is 53.7 Å². The van der Waals surface area contributed by atoms with E-state index < -0.39 is 10.0 Å². The molecular weight excluding hydrogens is 488 g/mol. The van der Waals surface area contributed by atoms with E-state index in [1.165, 1.54) is 9.71 Å². The zero-order valence-corrected chi connectivity index (χ0v) is 22.4. The van der Waals surface area contributed by atoms with Crippen LogP contribution >= 0.6 is 11.3 Å². The highest BCUT2D eigenvalue weighted by Crippen LogP contribution is 2.27. The van der Waals surface area contributed by atoms with E-state index in [-0.39, 0.29) is 18.5 Å². The number of nitrogens with zero attached hydrogens (tertiary/aromatic N) is 2. The maximum Gasteiger partial charge on any atom is 0.238 e. The number of thiophene rings is 1. The average molecular weight is 523 g/mol. The van der Waals surface area contributed by atoms with Crippen molar-refractivity contribution in [2.45, 2.75) is 58.2 Å². The number of hydrogen-bond donors (Lipinski definition) is 0. The summed E-state index contributed by atoms with van der Waals surface area (Å²) in [5, 5.41) is 3.29. The molecule has 0 saturated heterocycles. The van der Waals surface area contributed by atoms with Crippen LogP contribution in [-0.2, 0) is 27.9 Å². The topological polar surface area (TPSA) is 57.7 Å². The van der Waals surface area contributed by atoms with Gasteiger partial charge in [-0.2, -0.15) is 4.31 Å². The summed E-state index contributed by atoms with van der Waals surface area (Å²) >= 11 is 1.63. The lowest BCUT2D eigenvalue weighted by Crippen LogP contribution is -2.47. The highest BCUT2D eigenvalue weighted by molar-refractivity contribution is 7.92. The Labute approximate surface area is 219 Å². The summed E-state index contributed by atoms with van der Waals surface area (Å²) in [6.07, 6.45) is 6.26. The predicted octanol–water partition coefficient (Wildman–Crippen LogP) is 6.22. The van der Waals surface area contributed by atoms with Crippen LogP contribution < -0.4 is 0 Å². The van der Waals surface area contributed by atoms with Gasteiger partial charge in [0.1, 0.15) is 0 Å². The molecule has 1 heterocycles. The van der Waals surface area contributed by atoms with Crippen molar-refractivity contribution in [3.05, 3.63) is 99.1 Å². The number of benzene rings is 2. The Balaban J connectivity index is 1.59. The fourth-order valence-electron chi connectivity index (χ4n) is 4.61. The molecule has 0 aliphatic heterocycles. The molecule has 1 fully saturated rings. The second kappa shape index (κ2) is 12.5. The van der Waals surface area contributed by atoms with Crippen LogP contribution in [0.15, 0.2) is 77.5 Å². The highest BCUT2D eigenvalue weighted by Gasteiger charge is 2.33. The minimum atomic E-state index is -3.78. The summed E-state index contributed by atoms with van der Waals surface area (Å²) in [5.74, 6) is -0.172. The molecule has 0 radical (unpaired) electrons. The molecule has 1 amide bonds. The Bertz CT molecular complexity index is 1250. The molecule has 1 aliphatic rings. The number of carbonyl (C=O) groups is 1. The molecule has 0 N–H and O–H groups in total. The number of carbonyl (C=O) groups excluding carboxylic acids is 1. The van der Waals surface area contributed by atoms with Gasteiger partial charge in [0, 0.05) is 22.9 Å². The van der Waals surface area contributed by atoms with Crippen molar-refractivity contribution in [3.63, 3.8) is 0 Å². The minimum Gasteiger partial charge on any atom is -0.332 e. The van der Waals surface area contributed by atoms with E-state index in [4.69, 9.17) is 0 Å². The maximum atomic E-state index is 13.8. The van der Waals surface area contributed by atoms with Crippen molar-refractivity contribution in [1.82, 2.24) is 9.21 Å². The third kappa shape index (κ3) is 7.15. The maximum absolute atomic E-state index is 13.8. The Morgan fingerprint density at radius 3 is 2.25 bits per heavy atom. The first-order valence-electron chi connectivity index (χ1n) is 12.5. The highest BCUT2D eigenvalue weighted by atomic mass is 32.2. The molecule has 7 heteroatoms. The van der Waals surface area contributed by atoms with Crippen molar-refractivity contribution < 1.29 is 13.2 Å². The summed E-state index contributed by atoms with van der Waals surface area (Å²) in [5.41, 5.74) is 2.99. The summed E-state index contributed by atoms with van der Waals surface area (Å²) in [7, 11) is -3.78. The van der Waals surface area contributed by atoms with E-state index in [2.05, 4.69) is 6.07 Å². The van der Waals surface area contributed by atoms with Gasteiger partial charge in [-0.25, -0.2) is 8.42 Å². The zero-order chi connectivity index (χ0) is 25.4. The molecule has 0 atom stereocenters. The molecule has 0 spiro atoms.